The Labute approximate surface area is 143 Å². The number of alkyl halides is 2. The molecule has 1 N–H and O–H groups in total. The van der Waals surface area contributed by atoms with E-state index in [4.69, 9.17) is 4.74 Å². The minimum Gasteiger partial charge on any atom is -0.452 e. The average molecular weight is 349 g/mol. The van der Waals surface area contributed by atoms with Crippen molar-refractivity contribution >= 4 is 17.6 Å². The van der Waals surface area contributed by atoms with Crippen LogP contribution in [-0.4, -0.2) is 25.1 Å². The molecule has 0 atom stereocenters. The fourth-order valence-electron chi connectivity index (χ4n) is 2.12. The van der Waals surface area contributed by atoms with E-state index in [2.05, 4.69) is 10.1 Å². The van der Waals surface area contributed by atoms with Gasteiger partial charge in [-0.2, -0.15) is 8.78 Å². The Morgan fingerprint density at radius 2 is 1.80 bits per heavy atom. The maximum absolute atomic E-state index is 12.4. The molecule has 0 aliphatic carbocycles. The minimum absolute atomic E-state index is 0.178. The number of carbonyl (C=O) groups is 2. The van der Waals surface area contributed by atoms with E-state index in [0.29, 0.717) is 5.69 Å². The lowest BCUT2D eigenvalue weighted by Gasteiger charge is -2.12. The van der Waals surface area contributed by atoms with Crippen LogP contribution in [0.5, 0.6) is 5.75 Å². The Morgan fingerprint density at radius 1 is 1.08 bits per heavy atom. The summed E-state index contributed by atoms with van der Waals surface area (Å²) in [4.78, 5) is 23.9. The van der Waals surface area contributed by atoms with Crippen molar-refractivity contribution in [3.8, 4) is 5.75 Å². The second-order valence-corrected chi connectivity index (χ2v) is 5.25. The standard InChI is InChI=1S/C18H17F2NO4/c1-11-6-5-8-14(12(11)2)21-16(22)10-24-17(23)13-7-3-4-9-15(13)25-18(19)20/h3-9,18H,10H2,1-2H3,(H,21,22). The maximum Gasteiger partial charge on any atom is 0.387 e. The van der Waals surface area contributed by atoms with Gasteiger partial charge in [-0.05, 0) is 43.2 Å². The molecule has 0 spiro atoms. The highest BCUT2D eigenvalue weighted by molar-refractivity contribution is 5.97. The van der Waals surface area contributed by atoms with Gasteiger partial charge in [-0.15, -0.1) is 0 Å². The van der Waals surface area contributed by atoms with Gasteiger partial charge in [0.15, 0.2) is 6.61 Å². The molecule has 0 unspecified atom stereocenters. The Morgan fingerprint density at radius 3 is 2.52 bits per heavy atom. The first-order chi connectivity index (χ1) is 11.9. The molecule has 2 aromatic carbocycles. The molecule has 0 aromatic heterocycles. The van der Waals surface area contributed by atoms with Crippen LogP contribution in [0.3, 0.4) is 0 Å². The lowest BCUT2D eigenvalue weighted by atomic mass is 10.1. The monoisotopic (exact) mass is 349 g/mol. The van der Waals surface area contributed by atoms with Crippen molar-refractivity contribution in [1.29, 1.82) is 0 Å². The number of hydrogen-bond donors (Lipinski definition) is 1. The number of rotatable bonds is 6. The number of nitrogens with one attached hydrogen (secondary N) is 1. The van der Waals surface area contributed by atoms with E-state index in [-0.39, 0.29) is 11.3 Å². The predicted molar refractivity (Wildman–Crippen MR) is 87.9 cm³/mol. The van der Waals surface area contributed by atoms with Gasteiger partial charge in [-0.3, -0.25) is 4.79 Å². The lowest BCUT2D eigenvalue weighted by Crippen LogP contribution is -2.22. The van der Waals surface area contributed by atoms with Gasteiger partial charge < -0.3 is 14.8 Å². The number of anilines is 1. The van der Waals surface area contributed by atoms with E-state index in [0.717, 1.165) is 11.1 Å². The van der Waals surface area contributed by atoms with Crippen molar-refractivity contribution in [3.63, 3.8) is 0 Å². The highest BCUT2D eigenvalue weighted by Gasteiger charge is 2.17. The van der Waals surface area contributed by atoms with Gasteiger partial charge in [0.25, 0.3) is 5.91 Å². The summed E-state index contributed by atoms with van der Waals surface area (Å²) in [6, 6.07) is 10.9. The Hall–Kier alpha value is -2.96. The van der Waals surface area contributed by atoms with Crippen LogP contribution in [0.25, 0.3) is 0 Å². The molecule has 1 amide bonds. The maximum atomic E-state index is 12.4. The fraction of sp³-hybridized carbons (Fsp3) is 0.222. The summed E-state index contributed by atoms with van der Waals surface area (Å²) in [7, 11) is 0. The second kappa shape index (κ2) is 8.23. The molecule has 2 rings (SSSR count). The number of amides is 1. The van der Waals surface area contributed by atoms with Crippen molar-refractivity contribution in [2.45, 2.75) is 20.5 Å². The zero-order chi connectivity index (χ0) is 18.4. The molecule has 0 radical (unpaired) electrons. The summed E-state index contributed by atoms with van der Waals surface area (Å²) < 4.78 is 33.8. The van der Waals surface area contributed by atoms with Gasteiger partial charge in [-0.25, -0.2) is 4.79 Å². The average Bonchev–Trinajstić information content (AvgIpc) is 2.57. The van der Waals surface area contributed by atoms with Crippen LogP contribution in [0.2, 0.25) is 0 Å². The van der Waals surface area contributed by atoms with Crippen LogP contribution in [0.15, 0.2) is 42.5 Å². The van der Waals surface area contributed by atoms with E-state index in [9.17, 15) is 18.4 Å². The third kappa shape index (κ3) is 5.00. The summed E-state index contributed by atoms with van der Waals surface area (Å²) in [6.07, 6.45) is 0. The number of para-hydroxylation sites is 1. The number of aryl methyl sites for hydroxylation is 1. The molecule has 0 fully saturated rings. The van der Waals surface area contributed by atoms with Crippen LogP contribution in [0.1, 0.15) is 21.5 Å². The zero-order valence-corrected chi connectivity index (χ0v) is 13.7. The summed E-state index contributed by atoms with van der Waals surface area (Å²) in [5.74, 6) is -1.76. The van der Waals surface area contributed by atoms with E-state index < -0.39 is 25.1 Å². The predicted octanol–water partition coefficient (Wildman–Crippen LogP) is 3.70. The number of benzene rings is 2. The van der Waals surface area contributed by atoms with Crippen LogP contribution >= 0.6 is 0 Å². The SMILES string of the molecule is Cc1cccc(NC(=O)COC(=O)c2ccccc2OC(F)F)c1C. The Bertz CT molecular complexity index is 777. The van der Waals surface area contributed by atoms with Gasteiger partial charge in [-0.1, -0.05) is 24.3 Å². The summed E-state index contributed by atoms with van der Waals surface area (Å²) in [5.41, 5.74) is 2.34. The zero-order valence-electron chi connectivity index (χ0n) is 13.7. The lowest BCUT2D eigenvalue weighted by molar-refractivity contribution is -0.119. The van der Waals surface area contributed by atoms with Gasteiger partial charge in [0.2, 0.25) is 0 Å². The van der Waals surface area contributed by atoms with Crippen LogP contribution < -0.4 is 10.1 Å². The third-order valence-electron chi connectivity index (χ3n) is 3.54. The van der Waals surface area contributed by atoms with E-state index in [1.165, 1.54) is 24.3 Å². The highest BCUT2D eigenvalue weighted by atomic mass is 19.3. The fourth-order valence-corrected chi connectivity index (χ4v) is 2.12. The molecular weight excluding hydrogens is 332 g/mol. The first-order valence-corrected chi connectivity index (χ1v) is 7.45. The summed E-state index contributed by atoms with van der Waals surface area (Å²) >= 11 is 0. The minimum atomic E-state index is -3.07. The summed E-state index contributed by atoms with van der Waals surface area (Å²) in [5, 5.41) is 2.64. The molecule has 0 aliphatic rings. The molecule has 2 aromatic rings. The van der Waals surface area contributed by atoms with Crippen molar-refractivity contribution in [3.05, 3.63) is 59.2 Å². The van der Waals surface area contributed by atoms with Gasteiger partial charge in [0.05, 0.1) is 0 Å². The first kappa shape index (κ1) is 18.4. The normalized spacial score (nSPS) is 10.4. The van der Waals surface area contributed by atoms with Crippen molar-refractivity contribution < 1.29 is 27.8 Å². The molecule has 5 nitrogen and oxygen atoms in total. The molecular formula is C18H17F2NO4. The molecule has 0 heterocycles. The van der Waals surface area contributed by atoms with E-state index in [1.807, 2.05) is 19.9 Å². The van der Waals surface area contributed by atoms with Gasteiger partial charge in [0, 0.05) is 5.69 Å². The van der Waals surface area contributed by atoms with Gasteiger partial charge >= 0.3 is 12.6 Å². The number of ether oxygens (including phenoxy) is 2. The molecule has 25 heavy (non-hydrogen) atoms. The first-order valence-electron chi connectivity index (χ1n) is 7.45. The Balaban J connectivity index is 1.98. The number of carbonyl (C=O) groups excluding carboxylic acids is 2. The van der Waals surface area contributed by atoms with Crippen LogP contribution in [-0.2, 0) is 9.53 Å². The highest BCUT2D eigenvalue weighted by Crippen LogP contribution is 2.21. The second-order valence-electron chi connectivity index (χ2n) is 5.25. The van der Waals surface area contributed by atoms with Gasteiger partial charge in [0.1, 0.15) is 11.3 Å². The molecule has 0 saturated carbocycles. The largest absolute Gasteiger partial charge is 0.452 e. The summed E-state index contributed by atoms with van der Waals surface area (Å²) in [6.45, 7) is 0.149. The number of esters is 1. The number of hydrogen-bond acceptors (Lipinski definition) is 4. The van der Waals surface area contributed by atoms with Crippen molar-refractivity contribution in [1.82, 2.24) is 0 Å². The Kier molecular flexibility index (Phi) is 6.05. The number of halogens is 2. The van der Waals surface area contributed by atoms with Crippen molar-refractivity contribution in [2.24, 2.45) is 0 Å². The third-order valence-corrected chi connectivity index (χ3v) is 3.54. The molecule has 132 valence electrons. The smallest absolute Gasteiger partial charge is 0.387 e. The molecule has 7 heteroatoms. The molecule has 0 bridgehead atoms. The van der Waals surface area contributed by atoms with Crippen LogP contribution in [0, 0.1) is 13.8 Å². The van der Waals surface area contributed by atoms with Crippen molar-refractivity contribution in [2.75, 3.05) is 11.9 Å². The van der Waals surface area contributed by atoms with E-state index in [1.54, 1.807) is 12.1 Å². The molecule has 0 aliphatic heterocycles. The molecule has 0 saturated heterocycles. The quantitative estimate of drug-likeness (QED) is 0.808. The topological polar surface area (TPSA) is 64.6 Å². The van der Waals surface area contributed by atoms with Crippen LogP contribution in [0.4, 0.5) is 14.5 Å². The van der Waals surface area contributed by atoms with E-state index >= 15 is 0 Å².